The van der Waals surface area contributed by atoms with Gasteiger partial charge in [-0.25, -0.2) is 0 Å². The highest BCUT2D eigenvalue weighted by molar-refractivity contribution is 5.94. The van der Waals surface area contributed by atoms with E-state index in [4.69, 9.17) is 5.73 Å². The number of nitrogens with two attached hydrogens (primary N) is 1. The lowest BCUT2D eigenvalue weighted by Gasteiger charge is -2.42. The monoisotopic (exact) mass is 381 g/mol. The third-order valence-electron chi connectivity index (χ3n) is 5.52. The van der Waals surface area contributed by atoms with Gasteiger partial charge >= 0.3 is 0 Å². The molecule has 0 bridgehead atoms. The highest BCUT2D eigenvalue weighted by Crippen LogP contribution is 2.33. The second kappa shape index (κ2) is 8.27. The summed E-state index contributed by atoms with van der Waals surface area (Å²) in [5.74, 6) is -0.00718. The van der Waals surface area contributed by atoms with Crippen LogP contribution >= 0.6 is 12.4 Å². The zero-order valence-corrected chi connectivity index (χ0v) is 16.0. The number of rotatable bonds is 2. The quantitative estimate of drug-likeness (QED) is 0.820. The van der Waals surface area contributed by atoms with Gasteiger partial charge in [0.1, 0.15) is 5.75 Å². The molecule has 1 aliphatic carbocycles. The molecule has 1 heterocycles. The number of phenols is 1. The van der Waals surface area contributed by atoms with Crippen LogP contribution in [0.1, 0.15) is 43.0 Å². The smallest absolute Gasteiger partial charge is 0.254 e. The Morgan fingerprint density at radius 2 is 1.81 bits per heavy atom. The summed E-state index contributed by atoms with van der Waals surface area (Å²) >= 11 is 0. The number of hydrogen-bond donors (Lipinski definition) is 2. The van der Waals surface area contributed by atoms with Crippen LogP contribution in [0.4, 0.5) is 0 Å². The van der Waals surface area contributed by atoms with Crippen LogP contribution in [0.5, 0.6) is 5.75 Å². The minimum absolute atomic E-state index is 0. The van der Waals surface area contributed by atoms with Crippen molar-refractivity contribution < 1.29 is 14.7 Å². The van der Waals surface area contributed by atoms with E-state index in [-0.39, 0.29) is 35.9 Å². The zero-order chi connectivity index (χ0) is 18.0. The van der Waals surface area contributed by atoms with Gasteiger partial charge in [-0.2, -0.15) is 0 Å². The summed E-state index contributed by atoms with van der Waals surface area (Å²) in [6.45, 7) is 4.07. The lowest BCUT2D eigenvalue weighted by Crippen LogP contribution is -2.57. The predicted molar refractivity (Wildman–Crippen MR) is 102 cm³/mol. The van der Waals surface area contributed by atoms with Crippen LogP contribution in [0.15, 0.2) is 24.3 Å². The van der Waals surface area contributed by atoms with Gasteiger partial charge in [0.15, 0.2) is 0 Å². The normalized spacial score (nSPS) is 26.2. The van der Waals surface area contributed by atoms with Crippen LogP contribution < -0.4 is 5.73 Å². The van der Waals surface area contributed by atoms with Crippen molar-refractivity contribution in [2.45, 2.75) is 38.1 Å². The Kier molecular flexibility index (Phi) is 6.53. The van der Waals surface area contributed by atoms with Crippen molar-refractivity contribution in [3.05, 3.63) is 29.8 Å². The largest absolute Gasteiger partial charge is 0.508 e. The molecule has 1 saturated heterocycles. The standard InChI is InChI=1S/C19H27N3O3.ClH/c1-19(20)8-3-2-7-16(19)18(25)22-11-9-21(10-12-22)17(24)14-5-4-6-15(23)13-14;/h4-6,13,16,23H,2-3,7-12,20H2,1H3;1H. The van der Waals surface area contributed by atoms with E-state index in [9.17, 15) is 14.7 Å². The Labute approximate surface area is 160 Å². The fourth-order valence-electron chi connectivity index (χ4n) is 3.94. The first-order valence-corrected chi connectivity index (χ1v) is 9.04. The van der Waals surface area contributed by atoms with Gasteiger partial charge in [-0.05, 0) is 38.0 Å². The predicted octanol–water partition coefficient (Wildman–Crippen LogP) is 2.01. The minimum atomic E-state index is -0.427. The van der Waals surface area contributed by atoms with Gasteiger partial charge in [0.05, 0.1) is 5.92 Å². The van der Waals surface area contributed by atoms with E-state index in [2.05, 4.69) is 0 Å². The average molecular weight is 382 g/mol. The number of halogens is 1. The molecule has 2 atom stereocenters. The number of aromatic hydroxyl groups is 1. The minimum Gasteiger partial charge on any atom is -0.508 e. The molecule has 6 nitrogen and oxygen atoms in total. The van der Waals surface area contributed by atoms with Crippen molar-refractivity contribution >= 4 is 24.2 Å². The number of carbonyl (C=O) groups is 2. The van der Waals surface area contributed by atoms with Crippen LogP contribution in [0.2, 0.25) is 0 Å². The molecule has 1 aliphatic heterocycles. The lowest BCUT2D eigenvalue weighted by atomic mass is 9.74. The number of hydrogen-bond acceptors (Lipinski definition) is 4. The van der Waals surface area contributed by atoms with Gasteiger partial charge in [-0.3, -0.25) is 9.59 Å². The first-order valence-electron chi connectivity index (χ1n) is 9.04. The van der Waals surface area contributed by atoms with Gasteiger partial charge in [0.2, 0.25) is 5.91 Å². The fourth-order valence-corrected chi connectivity index (χ4v) is 3.94. The van der Waals surface area contributed by atoms with Crippen molar-refractivity contribution in [3.8, 4) is 5.75 Å². The van der Waals surface area contributed by atoms with E-state index in [0.717, 1.165) is 25.7 Å². The first-order chi connectivity index (χ1) is 11.9. The number of piperazine rings is 1. The molecular weight excluding hydrogens is 354 g/mol. The molecule has 2 fully saturated rings. The summed E-state index contributed by atoms with van der Waals surface area (Å²) < 4.78 is 0. The SMILES string of the molecule is CC1(N)CCCCC1C(=O)N1CCN(C(=O)c2cccc(O)c2)CC1.Cl. The van der Waals surface area contributed by atoms with Gasteiger partial charge in [0.25, 0.3) is 5.91 Å². The second-order valence-electron chi connectivity index (χ2n) is 7.47. The first kappa shape index (κ1) is 20.5. The summed E-state index contributed by atoms with van der Waals surface area (Å²) in [6, 6.07) is 6.37. The van der Waals surface area contributed by atoms with Gasteiger partial charge in [-0.15, -0.1) is 12.4 Å². The molecule has 3 rings (SSSR count). The molecule has 2 amide bonds. The number of phenolic OH excluding ortho intramolecular Hbond substituents is 1. The van der Waals surface area contributed by atoms with E-state index in [0.29, 0.717) is 31.7 Å². The van der Waals surface area contributed by atoms with E-state index in [1.165, 1.54) is 6.07 Å². The fraction of sp³-hybridized carbons (Fsp3) is 0.579. The number of carbonyl (C=O) groups excluding carboxylic acids is 2. The number of benzene rings is 1. The summed E-state index contributed by atoms with van der Waals surface area (Å²) in [6.07, 6.45) is 3.88. The maximum atomic E-state index is 12.9. The summed E-state index contributed by atoms with van der Waals surface area (Å²) in [4.78, 5) is 29.0. The van der Waals surface area contributed by atoms with Crippen LogP contribution in [-0.4, -0.2) is 58.4 Å². The molecular formula is C19H28ClN3O3. The van der Waals surface area contributed by atoms with Crippen LogP contribution in [-0.2, 0) is 4.79 Å². The Bertz CT molecular complexity index is 657. The topological polar surface area (TPSA) is 86.9 Å². The molecule has 0 radical (unpaired) electrons. The second-order valence-corrected chi connectivity index (χ2v) is 7.47. The summed E-state index contributed by atoms with van der Waals surface area (Å²) in [7, 11) is 0. The van der Waals surface area contributed by atoms with Crippen molar-refractivity contribution in [2.24, 2.45) is 11.7 Å². The zero-order valence-electron chi connectivity index (χ0n) is 15.2. The summed E-state index contributed by atoms with van der Waals surface area (Å²) in [5.41, 5.74) is 6.41. The van der Waals surface area contributed by atoms with Crippen LogP contribution in [0.3, 0.4) is 0 Å². The van der Waals surface area contributed by atoms with Crippen molar-refractivity contribution in [2.75, 3.05) is 26.2 Å². The van der Waals surface area contributed by atoms with Crippen LogP contribution in [0, 0.1) is 5.92 Å². The molecule has 3 N–H and O–H groups in total. The average Bonchev–Trinajstić information content (AvgIpc) is 2.60. The van der Waals surface area contributed by atoms with E-state index < -0.39 is 5.54 Å². The Morgan fingerprint density at radius 1 is 1.15 bits per heavy atom. The number of nitrogens with zero attached hydrogens (tertiary/aromatic N) is 2. The third kappa shape index (κ3) is 4.30. The molecule has 1 aromatic carbocycles. The molecule has 144 valence electrons. The Balaban J connectivity index is 0.00000243. The molecule has 2 aliphatic rings. The van der Waals surface area contributed by atoms with Gasteiger partial charge < -0.3 is 20.6 Å². The van der Waals surface area contributed by atoms with E-state index >= 15 is 0 Å². The van der Waals surface area contributed by atoms with Gasteiger partial charge in [0, 0.05) is 37.3 Å². The Hall–Kier alpha value is -1.79. The van der Waals surface area contributed by atoms with E-state index in [1.54, 1.807) is 23.1 Å². The lowest BCUT2D eigenvalue weighted by molar-refractivity contribution is -0.140. The molecule has 26 heavy (non-hydrogen) atoms. The molecule has 0 aromatic heterocycles. The van der Waals surface area contributed by atoms with Crippen molar-refractivity contribution in [1.29, 1.82) is 0 Å². The molecule has 2 unspecified atom stereocenters. The maximum Gasteiger partial charge on any atom is 0.254 e. The molecule has 7 heteroatoms. The highest BCUT2D eigenvalue weighted by atomic mass is 35.5. The van der Waals surface area contributed by atoms with Gasteiger partial charge in [-0.1, -0.05) is 18.9 Å². The molecule has 1 aromatic rings. The van der Waals surface area contributed by atoms with Crippen molar-refractivity contribution in [1.82, 2.24) is 9.80 Å². The summed E-state index contributed by atoms with van der Waals surface area (Å²) in [5, 5.41) is 9.53. The molecule has 0 spiro atoms. The maximum absolute atomic E-state index is 12.9. The van der Waals surface area contributed by atoms with Crippen molar-refractivity contribution in [3.63, 3.8) is 0 Å². The Morgan fingerprint density at radius 3 is 2.42 bits per heavy atom. The van der Waals surface area contributed by atoms with Crippen LogP contribution in [0.25, 0.3) is 0 Å². The number of amides is 2. The molecule has 1 saturated carbocycles. The third-order valence-corrected chi connectivity index (χ3v) is 5.52. The van der Waals surface area contributed by atoms with E-state index in [1.807, 2.05) is 11.8 Å². The highest BCUT2D eigenvalue weighted by Gasteiger charge is 2.40.